The third kappa shape index (κ3) is 3.54. The van der Waals surface area contributed by atoms with Gasteiger partial charge in [0, 0.05) is 13.5 Å². The molecule has 0 atom stereocenters. The number of aryl methyl sites for hydroxylation is 1. The quantitative estimate of drug-likeness (QED) is 0.879. The zero-order valence-corrected chi connectivity index (χ0v) is 10.8. The number of carbonyl (C=O) groups is 1. The largest absolute Gasteiger partial charge is 0.497 e. The molecule has 6 heteroatoms. The molecule has 0 spiro atoms. The monoisotopic (exact) mass is 261 g/mol. The fourth-order valence-corrected chi connectivity index (χ4v) is 1.58. The molecule has 1 heterocycles. The molecule has 0 aliphatic carbocycles. The Labute approximate surface area is 110 Å². The van der Waals surface area contributed by atoms with Crippen LogP contribution in [0.15, 0.2) is 28.7 Å². The molecule has 1 N–H and O–H groups in total. The molecule has 19 heavy (non-hydrogen) atoms. The summed E-state index contributed by atoms with van der Waals surface area (Å²) < 4.78 is 10.1. The molecule has 6 nitrogen and oxygen atoms in total. The topological polar surface area (TPSA) is 77.2 Å². The predicted molar refractivity (Wildman–Crippen MR) is 68.1 cm³/mol. The number of hydrogen-bond acceptors (Lipinski definition) is 5. The molecule has 0 unspecified atom stereocenters. The van der Waals surface area contributed by atoms with Crippen LogP contribution in [0.2, 0.25) is 0 Å². The number of nitrogens with zero attached hydrogens (tertiary/aromatic N) is 2. The van der Waals surface area contributed by atoms with Crippen molar-refractivity contribution in [3.63, 3.8) is 0 Å². The molecule has 1 aromatic carbocycles. The molecule has 0 saturated heterocycles. The minimum atomic E-state index is -0.353. The van der Waals surface area contributed by atoms with Crippen molar-refractivity contribution in [3.05, 3.63) is 41.6 Å². The third-order valence-corrected chi connectivity index (χ3v) is 2.58. The summed E-state index contributed by atoms with van der Waals surface area (Å²) in [6.07, 6.45) is 0.725. The van der Waals surface area contributed by atoms with Gasteiger partial charge >= 0.3 is 11.8 Å². The molecule has 2 aromatic rings. The van der Waals surface area contributed by atoms with Gasteiger partial charge in [0.15, 0.2) is 0 Å². The Morgan fingerprint density at radius 3 is 2.63 bits per heavy atom. The Morgan fingerprint density at radius 2 is 2.05 bits per heavy atom. The summed E-state index contributed by atoms with van der Waals surface area (Å²) in [7, 11) is 1.63. The number of ether oxygens (including phenoxy) is 1. The first-order valence-corrected chi connectivity index (χ1v) is 5.90. The first-order valence-electron chi connectivity index (χ1n) is 5.90. The molecule has 0 aliphatic rings. The smallest absolute Gasteiger partial charge is 0.308 e. The normalized spacial score (nSPS) is 10.2. The standard InChI is InChI=1S/C13H15N3O3/c1-9-15-16-13(19-9)12(17)14-8-7-10-3-5-11(18-2)6-4-10/h3-6H,7-8H2,1-2H3,(H,14,17). The van der Waals surface area contributed by atoms with Crippen molar-refractivity contribution in [1.29, 1.82) is 0 Å². The molecule has 1 aromatic heterocycles. The van der Waals surface area contributed by atoms with E-state index in [-0.39, 0.29) is 11.8 Å². The number of aromatic nitrogens is 2. The van der Waals surface area contributed by atoms with E-state index in [4.69, 9.17) is 9.15 Å². The lowest BCUT2D eigenvalue weighted by Gasteiger charge is -2.04. The molecule has 0 fully saturated rings. The van der Waals surface area contributed by atoms with Crippen molar-refractivity contribution in [2.45, 2.75) is 13.3 Å². The maximum absolute atomic E-state index is 11.6. The maximum Gasteiger partial charge on any atom is 0.308 e. The minimum Gasteiger partial charge on any atom is -0.497 e. The van der Waals surface area contributed by atoms with Crippen molar-refractivity contribution in [3.8, 4) is 5.75 Å². The highest BCUT2D eigenvalue weighted by Crippen LogP contribution is 2.11. The van der Waals surface area contributed by atoms with Crippen LogP contribution < -0.4 is 10.1 Å². The highest BCUT2D eigenvalue weighted by atomic mass is 16.5. The summed E-state index contributed by atoms with van der Waals surface area (Å²) in [5.74, 6) is 0.829. The number of benzene rings is 1. The van der Waals surface area contributed by atoms with Gasteiger partial charge in [-0.2, -0.15) is 0 Å². The van der Waals surface area contributed by atoms with E-state index in [0.717, 1.165) is 17.7 Å². The van der Waals surface area contributed by atoms with Crippen molar-refractivity contribution in [2.24, 2.45) is 0 Å². The van der Waals surface area contributed by atoms with Crippen LogP contribution in [0.4, 0.5) is 0 Å². The second-order valence-corrected chi connectivity index (χ2v) is 3.98. The number of hydrogen-bond donors (Lipinski definition) is 1. The third-order valence-electron chi connectivity index (χ3n) is 2.58. The van der Waals surface area contributed by atoms with E-state index in [2.05, 4.69) is 15.5 Å². The van der Waals surface area contributed by atoms with Gasteiger partial charge in [-0.3, -0.25) is 4.79 Å². The first-order chi connectivity index (χ1) is 9.19. The van der Waals surface area contributed by atoms with E-state index >= 15 is 0 Å². The Hall–Kier alpha value is -2.37. The molecule has 0 bridgehead atoms. The van der Waals surface area contributed by atoms with Gasteiger partial charge in [0.2, 0.25) is 5.89 Å². The Balaban J connectivity index is 1.81. The summed E-state index contributed by atoms with van der Waals surface area (Å²) in [4.78, 5) is 11.6. The van der Waals surface area contributed by atoms with E-state index in [0.29, 0.717) is 12.4 Å². The van der Waals surface area contributed by atoms with Crippen LogP contribution in [-0.2, 0) is 6.42 Å². The molecule has 100 valence electrons. The summed E-state index contributed by atoms with van der Waals surface area (Å²) in [6, 6.07) is 7.70. The summed E-state index contributed by atoms with van der Waals surface area (Å²) in [6.45, 7) is 2.15. The van der Waals surface area contributed by atoms with Gasteiger partial charge in [-0.1, -0.05) is 12.1 Å². The highest BCUT2D eigenvalue weighted by Gasteiger charge is 2.12. The second-order valence-electron chi connectivity index (χ2n) is 3.98. The second kappa shape index (κ2) is 5.99. The van der Waals surface area contributed by atoms with E-state index in [1.807, 2.05) is 24.3 Å². The average molecular weight is 261 g/mol. The fourth-order valence-electron chi connectivity index (χ4n) is 1.58. The van der Waals surface area contributed by atoms with Crippen LogP contribution in [0.3, 0.4) is 0 Å². The van der Waals surface area contributed by atoms with E-state index in [9.17, 15) is 4.79 Å². The maximum atomic E-state index is 11.6. The molecular formula is C13H15N3O3. The Bertz CT molecular complexity index is 549. The lowest BCUT2D eigenvalue weighted by atomic mass is 10.1. The van der Waals surface area contributed by atoms with Gasteiger partial charge < -0.3 is 14.5 Å². The lowest BCUT2D eigenvalue weighted by molar-refractivity contribution is 0.0918. The molecule has 2 rings (SSSR count). The molecule has 0 saturated carbocycles. The SMILES string of the molecule is COc1ccc(CCNC(=O)c2nnc(C)o2)cc1. The van der Waals surface area contributed by atoms with Crippen LogP contribution in [0, 0.1) is 6.92 Å². The van der Waals surface area contributed by atoms with Crippen molar-refractivity contribution in [1.82, 2.24) is 15.5 Å². The van der Waals surface area contributed by atoms with Crippen molar-refractivity contribution in [2.75, 3.05) is 13.7 Å². The van der Waals surface area contributed by atoms with Gasteiger partial charge in [-0.15, -0.1) is 10.2 Å². The van der Waals surface area contributed by atoms with Crippen molar-refractivity contribution >= 4 is 5.91 Å². The van der Waals surface area contributed by atoms with E-state index < -0.39 is 0 Å². The molecule has 0 radical (unpaired) electrons. The number of carbonyl (C=O) groups excluding carboxylic acids is 1. The first kappa shape index (κ1) is 13.1. The van der Waals surface area contributed by atoms with Crippen LogP contribution in [0.1, 0.15) is 22.1 Å². The van der Waals surface area contributed by atoms with Crippen LogP contribution >= 0.6 is 0 Å². The lowest BCUT2D eigenvalue weighted by Crippen LogP contribution is -2.26. The minimum absolute atomic E-state index is 0.00719. The van der Waals surface area contributed by atoms with Crippen molar-refractivity contribution < 1.29 is 13.9 Å². The van der Waals surface area contributed by atoms with E-state index in [1.54, 1.807) is 14.0 Å². The molecular weight excluding hydrogens is 246 g/mol. The highest BCUT2D eigenvalue weighted by molar-refractivity contribution is 5.89. The van der Waals surface area contributed by atoms with Gasteiger partial charge in [0.1, 0.15) is 5.75 Å². The molecule has 0 aliphatic heterocycles. The van der Waals surface area contributed by atoms with Crippen LogP contribution in [0.25, 0.3) is 0 Å². The van der Waals surface area contributed by atoms with Gasteiger partial charge in [0.25, 0.3) is 0 Å². The fraction of sp³-hybridized carbons (Fsp3) is 0.308. The zero-order chi connectivity index (χ0) is 13.7. The van der Waals surface area contributed by atoms with Crippen LogP contribution in [0.5, 0.6) is 5.75 Å². The number of nitrogens with one attached hydrogen (secondary N) is 1. The van der Waals surface area contributed by atoms with Gasteiger partial charge in [-0.25, -0.2) is 0 Å². The summed E-state index contributed by atoms with van der Waals surface area (Å²) in [5, 5.41) is 9.97. The zero-order valence-electron chi connectivity index (χ0n) is 10.8. The number of methoxy groups -OCH3 is 1. The van der Waals surface area contributed by atoms with Crippen LogP contribution in [-0.4, -0.2) is 29.8 Å². The summed E-state index contributed by atoms with van der Waals surface area (Å²) >= 11 is 0. The van der Waals surface area contributed by atoms with Gasteiger partial charge in [0.05, 0.1) is 7.11 Å². The number of rotatable bonds is 5. The Kier molecular flexibility index (Phi) is 4.12. The van der Waals surface area contributed by atoms with Gasteiger partial charge in [-0.05, 0) is 24.1 Å². The Morgan fingerprint density at radius 1 is 1.32 bits per heavy atom. The summed E-state index contributed by atoms with van der Waals surface area (Å²) in [5.41, 5.74) is 1.11. The van der Waals surface area contributed by atoms with E-state index in [1.165, 1.54) is 0 Å². The predicted octanol–water partition coefficient (Wildman–Crippen LogP) is 1.36. The average Bonchev–Trinajstić information content (AvgIpc) is 2.86. The molecule has 1 amide bonds. The number of amides is 1.